The first-order valence-corrected chi connectivity index (χ1v) is 11.9. The molecule has 3 atom stereocenters. The van der Waals surface area contributed by atoms with Gasteiger partial charge in [0, 0.05) is 19.8 Å². The molecule has 1 aromatic heterocycles. The molecule has 0 bridgehead atoms. The summed E-state index contributed by atoms with van der Waals surface area (Å²) in [5, 5.41) is 12.6. The van der Waals surface area contributed by atoms with E-state index in [-0.39, 0.29) is 30.1 Å². The van der Waals surface area contributed by atoms with Gasteiger partial charge in [0.1, 0.15) is 0 Å². The molecule has 0 spiro atoms. The Morgan fingerprint density at radius 3 is 2.69 bits per heavy atom. The summed E-state index contributed by atoms with van der Waals surface area (Å²) in [7, 11) is -2.11. The summed E-state index contributed by atoms with van der Waals surface area (Å²) in [4.78, 5) is 16.1. The highest BCUT2D eigenvalue weighted by atomic mass is 32.2. The summed E-state index contributed by atoms with van der Waals surface area (Å²) >= 11 is 0. The summed E-state index contributed by atoms with van der Waals surface area (Å²) in [6.45, 7) is 0.386. The highest BCUT2D eigenvalue weighted by Gasteiger charge is 2.35. The molecule has 1 aromatic rings. The van der Waals surface area contributed by atoms with Crippen LogP contribution < -0.4 is 10.0 Å². The topological polar surface area (TPSA) is 123 Å². The van der Waals surface area contributed by atoms with Gasteiger partial charge in [0.15, 0.2) is 5.03 Å². The van der Waals surface area contributed by atoms with Gasteiger partial charge >= 0.3 is 0 Å². The standard InChI is InChI=1S/C19H32N4O5S/c1-23-11-19(21-13-23)29(26,27)22-16-8-7-15(28-17(16)12-24)9-18(25)20-10-14-5-3-2-4-6-14/h11,13-17,22,24H,2-10,12H2,1H3,(H,20,25)/t15-,16-,17+/m0/s1. The molecule has 3 N–H and O–H groups in total. The molecule has 2 aliphatic rings. The lowest BCUT2D eigenvalue weighted by atomic mass is 9.89. The number of imidazole rings is 1. The first-order chi connectivity index (χ1) is 13.9. The number of ether oxygens (including phenoxy) is 1. The van der Waals surface area contributed by atoms with Crippen LogP contribution in [0.4, 0.5) is 0 Å². The largest absolute Gasteiger partial charge is 0.394 e. The van der Waals surface area contributed by atoms with E-state index in [0.29, 0.717) is 25.3 Å². The summed E-state index contributed by atoms with van der Waals surface area (Å²) in [5.41, 5.74) is 0. The molecule has 1 amide bonds. The van der Waals surface area contributed by atoms with E-state index < -0.39 is 22.2 Å². The van der Waals surface area contributed by atoms with Gasteiger partial charge < -0.3 is 19.7 Å². The number of hydrogen-bond donors (Lipinski definition) is 3. The van der Waals surface area contributed by atoms with Gasteiger partial charge in [-0.1, -0.05) is 19.3 Å². The van der Waals surface area contributed by atoms with Crippen LogP contribution in [0.1, 0.15) is 51.4 Å². The van der Waals surface area contributed by atoms with Crippen molar-refractivity contribution in [2.45, 2.75) is 74.6 Å². The first kappa shape index (κ1) is 22.2. The van der Waals surface area contributed by atoms with Crippen LogP contribution in [-0.4, -0.2) is 60.4 Å². The predicted octanol–water partition coefficient (Wildman–Crippen LogP) is 0.694. The van der Waals surface area contributed by atoms with Crippen LogP contribution in [0, 0.1) is 5.92 Å². The number of sulfonamides is 1. The third-order valence-electron chi connectivity index (χ3n) is 5.78. The lowest BCUT2D eigenvalue weighted by Gasteiger charge is -2.35. The third kappa shape index (κ3) is 6.24. The van der Waals surface area contributed by atoms with Gasteiger partial charge in [0.25, 0.3) is 10.0 Å². The number of nitrogens with zero attached hydrogens (tertiary/aromatic N) is 2. The minimum atomic E-state index is -3.80. The number of aromatic nitrogens is 2. The highest BCUT2D eigenvalue weighted by Crippen LogP contribution is 2.24. The molecule has 164 valence electrons. The van der Waals surface area contributed by atoms with Crippen LogP contribution in [0.25, 0.3) is 0 Å². The fourth-order valence-corrected chi connectivity index (χ4v) is 5.41. The number of carbonyl (C=O) groups is 1. The van der Waals surface area contributed by atoms with E-state index in [9.17, 15) is 18.3 Å². The zero-order valence-electron chi connectivity index (χ0n) is 16.9. The van der Waals surface area contributed by atoms with Crippen LogP contribution in [-0.2, 0) is 26.6 Å². The fourth-order valence-electron chi connectivity index (χ4n) is 4.13. The Bertz CT molecular complexity index is 775. The fraction of sp³-hybridized carbons (Fsp3) is 0.789. The van der Waals surface area contributed by atoms with Gasteiger partial charge in [-0.3, -0.25) is 4.79 Å². The predicted molar refractivity (Wildman–Crippen MR) is 107 cm³/mol. The van der Waals surface area contributed by atoms with E-state index in [1.165, 1.54) is 44.6 Å². The van der Waals surface area contributed by atoms with Crippen molar-refractivity contribution in [2.75, 3.05) is 13.2 Å². The number of aryl methyl sites for hydroxylation is 1. The number of aliphatic hydroxyl groups is 1. The molecule has 1 aliphatic carbocycles. The molecule has 2 fully saturated rings. The molecule has 2 heterocycles. The van der Waals surface area contributed by atoms with Crippen molar-refractivity contribution in [3.8, 4) is 0 Å². The molecule has 0 unspecified atom stereocenters. The lowest BCUT2D eigenvalue weighted by molar-refractivity contribution is -0.130. The number of aliphatic hydroxyl groups excluding tert-OH is 1. The number of rotatable bonds is 8. The molecule has 1 aliphatic heterocycles. The van der Waals surface area contributed by atoms with Crippen LogP contribution in [0.3, 0.4) is 0 Å². The zero-order chi connectivity index (χ0) is 20.9. The third-order valence-corrected chi connectivity index (χ3v) is 7.16. The quantitative estimate of drug-likeness (QED) is 0.560. The van der Waals surface area contributed by atoms with Crippen molar-refractivity contribution < 1.29 is 23.1 Å². The second-order valence-electron chi connectivity index (χ2n) is 8.17. The van der Waals surface area contributed by atoms with Crippen LogP contribution in [0.5, 0.6) is 0 Å². The Morgan fingerprint density at radius 2 is 2.03 bits per heavy atom. The minimum Gasteiger partial charge on any atom is -0.394 e. The van der Waals surface area contributed by atoms with Crippen molar-refractivity contribution in [1.82, 2.24) is 19.6 Å². The number of amides is 1. The van der Waals surface area contributed by atoms with Crippen LogP contribution >= 0.6 is 0 Å². The zero-order valence-corrected chi connectivity index (χ0v) is 17.7. The Hall–Kier alpha value is -1.49. The maximum atomic E-state index is 12.5. The molecule has 0 aromatic carbocycles. The molecule has 1 saturated heterocycles. The second kappa shape index (κ2) is 10.0. The van der Waals surface area contributed by atoms with Crippen molar-refractivity contribution in [3.05, 3.63) is 12.5 Å². The summed E-state index contributed by atoms with van der Waals surface area (Å²) in [6.07, 6.45) is 9.16. The molecule has 9 nitrogen and oxygen atoms in total. The smallest absolute Gasteiger partial charge is 0.259 e. The molecule has 0 radical (unpaired) electrons. The van der Waals surface area contributed by atoms with E-state index in [2.05, 4.69) is 15.0 Å². The Kier molecular flexibility index (Phi) is 7.66. The Balaban J connectivity index is 1.48. The van der Waals surface area contributed by atoms with Crippen molar-refractivity contribution in [2.24, 2.45) is 13.0 Å². The summed E-state index contributed by atoms with van der Waals surface area (Å²) in [5.74, 6) is 0.514. The van der Waals surface area contributed by atoms with E-state index in [1.807, 2.05) is 0 Å². The highest BCUT2D eigenvalue weighted by molar-refractivity contribution is 7.89. The lowest BCUT2D eigenvalue weighted by Crippen LogP contribution is -2.51. The monoisotopic (exact) mass is 428 g/mol. The van der Waals surface area contributed by atoms with E-state index >= 15 is 0 Å². The normalized spacial score (nSPS) is 26.3. The van der Waals surface area contributed by atoms with Crippen molar-refractivity contribution in [3.63, 3.8) is 0 Å². The van der Waals surface area contributed by atoms with Gasteiger partial charge in [0.05, 0.1) is 37.6 Å². The maximum absolute atomic E-state index is 12.5. The summed E-state index contributed by atoms with van der Waals surface area (Å²) in [6, 6.07) is -0.562. The molecular weight excluding hydrogens is 396 g/mol. The van der Waals surface area contributed by atoms with E-state index in [4.69, 9.17) is 4.74 Å². The maximum Gasteiger partial charge on any atom is 0.259 e. The number of hydrogen-bond acceptors (Lipinski definition) is 6. The molecular formula is C19H32N4O5S. The molecule has 3 rings (SSSR count). The summed E-state index contributed by atoms with van der Waals surface area (Å²) < 4.78 is 34.9. The second-order valence-corrected chi connectivity index (χ2v) is 9.83. The van der Waals surface area contributed by atoms with Crippen LogP contribution in [0.2, 0.25) is 0 Å². The van der Waals surface area contributed by atoms with Gasteiger partial charge in [-0.2, -0.15) is 0 Å². The molecule has 29 heavy (non-hydrogen) atoms. The number of nitrogens with one attached hydrogen (secondary N) is 2. The van der Waals surface area contributed by atoms with Gasteiger partial charge in [-0.25, -0.2) is 18.1 Å². The first-order valence-electron chi connectivity index (χ1n) is 10.4. The molecule has 10 heteroatoms. The van der Waals surface area contributed by atoms with Crippen molar-refractivity contribution in [1.29, 1.82) is 0 Å². The number of carbonyl (C=O) groups excluding carboxylic acids is 1. The average Bonchev–Trinajstić information content (AvgIpc) is 3.15. The van der Waals surface area contributed by atoms with E-state index in [1.54, 1.807) is 11.6 Å². The van der Waals surface area contributed by atoms with Gasteiger partial charge in [0.2, 0.25) is 5.91 Å². The van der Waals surface area contributed by atoms with Crippen LogP contribution in [0.15, 0.2) is 17.6 Å². The van der Waals surface area contributed by atoms with Gasteiger partial charge in [-0.15, -0.1) is 0 Å². The SMILES string of the molecule is Cn1cnc(S(=O)(=O)N[C@H]2CC[C@@H](CC(=O)NCC3CCCCC3)O[C@@H]2CO)c1. The van der Waals surface area contributed by atoms with Crippen molar-refractivity contribution >= 4 is 15.9 Å². The molecule has 1 saturated carbocycles. The van der Waals surface area contributed by atoms with E-state index in [0.717, 1.165) is 0 Å². The Labute approximate surface area is 172 Å². The minimum absolute atomic E-state index is 0.0511. The van der Waals surface area contributed by atoms with Gasteiger partial charge in [-0.05, 0) is 31.6 Å². The Morgan fingerprint density at radius 1 is 1.28 bits per heavy atom. The average molecular weight is 429 g/mol.